The molecule has 226 valence electrons. The first kappa shape index (κ1) is 32.5. The number of hydrogen-bond donors (Lipinski definition) is 1. The standard InChI is InChI=1S/C32H41N3O6S/c1-22-9-13-25(14-10-22)20-34(24(3)31(37)33-32(4,5)6)30(36)21-35(28-19-26(40-7)15-18-29(28)41-8)42(38,39)27-16-11-23(2)12-17-27/h9-19,24H,20-21H2,1-8H3,(H,33,37). The molecule has 0 aromatic heterocycles. The molecule has 0 bridgehead atoms. The SMILES string of the molecule is COc1ccc(OC)c(N(CC(=O)N(Cc2ccc(C)cc2)C(C)C(=O)NC(C)(C)C)S(=O)(=O)c2ccc(C)cc2)c1. The summed E-state index contributed by atoms with van der Waals surface area (Å²) < 4.78 is 40.2. The fraction of sp³-hybridized carbons (Fsp3) is 0.375. The van der Waals surface area contributed by atoms with Crippen molar-refractivity contribution >= 4 is 27.5 Å². The van der Waals surface area contributed by atoms with Crippen LogP contribution in [0.4, 0.5) is 5.69 Å². The van der Waals surface area contributed by atoms with E-state index in [0.717, 1.165) is 21.0 Å². The second-order valence-electron chi connectivity index (χ2n) is 11.3. The zero-order valence-electron chi connectivity index (χ0n) is 25.6. The summed E-state index contributed by atoms with van der Waals surface area (Å²) in [5, 5.41) is 2.93. The van der Waals surface area contributed by atoms with E-state index in [9.17, 15) is 18.0 Å². The zero-order valence-corrected chi connectivity index (χ0v) is 26.4. The van der Waals surface area contributed by atoms with Crippen LogP contribution in [0.15, 0.2) is 71.6 Å². The van der Waals surface area contributed by atoms with E-state index in [-0.39, 0.29) is 28.8 Å². The van der Waals surface area contributed by atoms with Gasteiger partial charge >= 0.3 is 0 Å². The molecule has 3 aromatic carbocycles. The number of anilines is 1. The van der Waals surface area contributed by atoms with Crippen LogP contribution < -0.4 is 19.1 Å². The molecule has 0 saturated carbocycles. The number of rotatable bonds is 11. The van der Waals surface area contributed by atoms with E-state index < -0.39 is 34.1 Å². The number of ether oxygens (including phenoxy) is 2. The molecule has 2 amide bonds. The topological polar surface area (TPSA) is 105 Å². The molecule has 0 aliphatic carbocycles. The van der Waals surface area contributed by atoms with Gasteiger partial charge in [0.2, 0.25) is 11.8 Å². The van der Waals surface area contributed by atoms with Crippen LogP contribution in [-0.2, 0) is 26.2 Å². The minimum absolute atomic E-state index is 0.00869. The van der Waals surface area contributed by atoms with Gasteiger partial charge in [-0.1, -0.05) is 47.5 Å². The lowest BCUT2D eigenvalue weighted by molar-refractivity contribution is -0.140. The smallest absolute Gasteiger partial charge is 0.264 e. The Labute approximate surface area is 249 Å². The predicted molar refractivity (Wildman–Crippen MR) is 164 cm³/mol. The highest BCUT2D eigenvalue weighted by Gasteiger charge is 2.34. The van der Waals surface area contributed by atoms with E-state index in [4.69, 9.17) is 9.47 Å². The Morgan fingerprint density at radius 3 is 1.98 bits per heavy atom. The number of carbonyl (C=O) groups excluding carboxylic acids is 2. The highest BCUT2D eigenvalue weighted by molar-refractivity contribution is 7.92. The number of sulfonamides is 1. The number of nitrogens with one attached hydrogen (secondary N) is 1. The number of nitrogens with zero attached hydrogens (tertiary/aromatic N) is 2. The van der Waals surface area contributed by atoms with Crippen molar-refractivity contribution < 1.29 is 27.5 Å². The predicted octanol–water partition coefficient (Wildman–Crippen LogP) is 4.85. The molecule has 0 spiro atoms. The Hall–Kier alpha value is -4.05. The summed E-state index contributed by atoms with van der Waals surface area (Å²) in [4.78, 5) is 28.8. The van der Waals surface area contributed by atoms with Crippen LogP contribution in [-0.4, -0.2) is 57.5 Å². The van der Waals surface area contributed by atoms with E-state index in [1.807, 2.05) is 58.9 Å². The maximum absolute atomic E-state index is 14.2. The monoisotopic (exact) mass is 595 g/mol. The minimum atomic E-state index is -4.26. The molecular weight excluding hydrogens is 554 g/mol. The molecule has 0 saturated heterocycles. The Bertz CT molecular complexity index is 1500. The van der Waals surface area contributed by atoms with Crippen LogP contribution in [0, 0.1) is 13.8 Å². The average molecular weight is 596 g/mol. The second-order valence-corrected chi connectivity index (χ2v) is 13.1. The number of carbonyl (C=O) groups is 2. The van der Waals surface area contributed by atoms with Gasteiger partial charge in [-0.15, -0.1) is 0 Å². The van der Waals surface area contributed by atoms with Crippen molar-refractivity contribution in [1.82, 2.24) is 10.2 Å². The first-order valence-electron chi connectivity index (χ1n) is 13.6. The van der Waals surface area contributed by atoms with Crippen molar-refractivity contribution in [2.24, 2.45) is 0 Å². The fourth-order valence-electron chi connectivity index (χ4n) is 4.29. The summed E-state index contributed by atoms with van der Waals surface area (Å²) in [6, 6.07) is 17.8. The van der Waals surface area contributed by atoms with Crippen molar-refractivity contribution in [3.8, 4) is 11.5 Å². The molecule has 0 fully saturated rings. The van der Waals surface area contributed by atoms with Crippen molar-refractivity contribution in [3.63, 3.8) is 0 Å². The highest BCUT2D eigenvalue weighted by Crippen LogP contribution is 2.36. The first-order chi connectivity index (χ1) is 19.7. The number of hydrogen-bond acceptors (Lipinski definition) is 6. The van der Waals surface area contributed by atoms with Gasteiger partial charge in [-0.25, -0.2) is 8.42 Å². The summed E-state index contributed by atoms with van der Waals surface area (Å²) >= 11 is 0. The number of benzene rings is 3. The summed E-state index contributed by atoms with van der Waals surface area (Å²) in [6.07, 6.45) is 0. The lowest BCUT2D eigenvalue weighted by Gasteiger charge is -2.33. The molecule has 1 N–H and O–H groups in total. The van der Waals surface area contributed by atoms with Gasteiger partial charge in [0, 0.05) is 18.2 Å². The third-order valence-electron chi connectivity index (χ3n) is 6.68. The number of amides is 2. The maximum atomic E-state index is 14.2. The van der Waals surface area contributed by atoms with Gasteiger partial charge in [0.1, 0.15) is 24.1 Å². The summed E-state index contributed by atoms with van der Waals surface area (Å²) in [6.45, 7) is 10.5. The van der Waals surface area contributed by atoms with E-state index in [1.54, 1.807) is 31.2 Å². The quantitative estimate of drug-likeness (QED) is 0.340. The average Bonchev–Trinajstić information content (AvgIpc) is 2.94. The van der Waals surface area contributed by atoms with E-state index in [1.165, 1.54) is 37.3 Å². The molecule has 0 aliphatic heterocycles. The van der Waals surface area contributed by atoms with Crippen LogP contribution in [0.1, 0.15) is 44.4 Å². The third-order valence-corrected chi connectivity index (χ3v) is 8.46. The molecular formula is C32H41N3O6S. The zero-order chi connectivity index (χ0) is 31.2. The van der Waals surface area contributed by atoms with Gasteiger partial charge < -0.3 is 19.7 Å². The van der Waals surface area contributed by atoms with Crippen LogP contribution in [0.5, 0.6) is 11.5 Å². The van der Waals surface area contributed by atoms with Crippen LogP contribution in [0.3, 0.4) is 0 Å². The van der Waals surface area contributed by atoms with Gasteiger partial charge in [0.05, 0.1) is 24.8 Å². The fourth-order valence-corrected chi connectivity index (χ4v) is 5.71. The first-order valence-corrected chi connectivity index (χ1v) is 15.1. The maximum Gasteiger partial charge on any atom is 0.264 e. The third kappa shape index (κ3) is 8.03. The molecule has 0 heterocycles. The van der Waals surface area contributed by atoms with Gasteiger partial charge in [0.15, 0.2) is 0 Å². The Morgan fingerprint density at radius 1 is 0.881 bits per heavy atom. The molecule has 1 unspecified atom stereocenters. The molecule has 0 radical (unpaired) electrons. The van der Waals surface area contributed by atoms with E-state index in [0.29, 0.717) is 5.75 Å². The summed E-state index contributed by atoms with van der Waals surface area (Å²) in [7, 11) is -1.37. The van der Waals surface area contributed by atoms with Gasteiger partial charge in [-0.3, -0.25) is 13.9 Å². The van der Waals surface area contributed by atoms with Gasteiger partial charge in [-0.2, -0.15) is 0 Å². The minimum Gasteiger partial charge on any atom is -0.497 e. The Balaban J connectivity index is 2.12. The van der Waals surface area contributed by atoms with E-state index in [2.05, 4.69) is 5.32 Å². The van der Waals surface area contributed by atoms with Crippen molar-refractivity contribution in [2.45, 2.75) is 64.6 Å². The molecule has 10 heteroatoms. The lowest BCUT2D eigenvalue weighted by Crippen LogP contribution is -2.54. The van der Waals surface area contributed by atoms with Crippen LogP contribution in [0.25, 0.3) is 0 Å². The van der Waals surface area contributed by atoms with E-state index >= 15 is 0 Å². The van der Waals surface area contributed by atoms with Gasteiger partial charge in [0.25, 0.3) is 10.0 Å². The van der Waals surface area contributed by atoms with Crippen molar-refractivity contribution in [2.75, 3.05) is 25.1 Å². The van der Waals surface area contributed by atoms with Crippen LogP contribution >= 0.6 is 0 Å². The summed E-state index contributed by atoms with van der Waals surface area (Å²) in [5.74, 6) is -0.290. The molecule has 9 nitrogen and oxygen atoms in total. The molecule has 0 aliphatic rings. The summed E-state index contributed by atoms with van der Waals surface area (Å²) in [5.41, 5.74) is 2.34. The molecule has 3 aromatic rings. The Morgan fingerprint density at radius 2 is 1.45 bits per heavy atom. The largest absolute Gasteiger partial charge is 0.497 e. The molecule has 3 rings (SSSR count). The normalized spacial score (nSPS) is 12.3. The van der Waals surface area contributed by atoms with Crippen molar-refractivity contribution in [3.05, 3.63) is 83.4 Å². The number of methoxy groups -OCH3 is 2. The molecule has 42 heavy (non-hydrogen) atoms. The molecule has 1 atom stereocenters. The number of aryl methyl sites for hydroxylation is 2. The van der Waals surface area contributed by atoms with Crippen molar-refractivity contribution in [1.29, 1.82) is 0 Å². The highest BCUT2D eigenvalue weighted by atomic mass is 32.2. The van der Waals surface area contributed by atoms with Crippen LogP contribution in [0.2, 0.25) is 0 Å². The second kappa shape index (κ2) is 13.3. The lowest BCUT2D eigenvalue weighted by atomic mass is 10.1. The Kier molecular flexibility index (Phi) is 10.3. The van der Waals surface area contributed by atoms with Gasteiger partial charge in [-0.05, 0) is 71.4 Å².